The molecule has 1 aliphatic rings. The summed E-state index contributed by atoms with van der Waals surface area (Å²) in [5, 5.41) is 20.2. The Labute approximate surface area is 159 Å². The molecule has 1 aromatic heterocycles. The van der Waals surface area contributed by atoms with Gasteiger partial charge in [-0.15, -0.1) is 10.2 Å². The number of nitrogens with one attached hydrogen (secondary N) is 1. The topological polar surface area (TPSA) is 92.8 Å². The van der Waals surface area contributed by atoms with Gasteiger partial charge in [-0.05, 0) is 51.3 Å². The van der Waals surface area contributed by atoms with Crippen molar-refractivity contribution < 1.29 is 9.53 Å². The average Bonchev–Trinajstić information content (AvgIpc) is 2.93. The lowest BCUT2D eigenvalue weighted by molar-refractivity contribution is 0.0636. The lowest BCUT2D eigenvalue weighted by atomic mass is 9.57. The van der Waals surface area contributed by atoms with Crippen molar-refractivity contribution in [3.63, 3.8) is 0 Å². The maximum absolute atomic E-state index is 12.1. The van der Waals surface area contributed by atoms with Gasteiger partial charge >= 0.3 is 6.09 Å². The van der Waals surface area contributed by atoms with Crippen LogP contribution in [-0.2, 0) is 23.6 Å². The summed E-state index contributed by atoms with van der Waals surface area (Å²) in [7, 11) is 1.92. The molecule has 0 bridgehead atoms. The first-order valence-electron chi connectivity index (χ1n) is 9.04. The van der Waals surface area contributed by atoms with Gasteiger partial charge in [0.05, 0.1) is 6.07 Å². The summed E-state index contributed by atoms with van der Waals surface area (Å²) in [4.78, 5) is 12.1. The van der Waals surface area contributed by atoms with Crippen molar-refractivity contribution in [2.24, 2.45) is 13.0 Å². The average molecular weight is 367 g/mol. The first kappa shape index (κ1) is 18.9. The number of carbonyl (C=O) groups excluding carboxylic acids is 1. The molecule has 7 heteroatoms. The van der Waals surface area contributed by atoms with Gasteiger partial charge < -0.3 is 9.30 Å². The number of nitriles is 1. The molecule has 7 nitrogen and oxygen atoms in total. The van der Waals surface area contributed by atoms with E-state index in [2.05, 4.69) is 21.6 Å². The third kappa shape index (κ3) is 4.27. The maximum Gasteiger partial charge on any atom is 0.412 e. The molecule has 0 unspecified atom stereocenters. The van der Waals surface area contributed by atoms with E-state index in [0.717, 1.165) is 24.2 Å². The molecule has 1 heterocycles. The molecule has 3 rings (SSSR count). The van der Waals surface area contributed by atoms with E-state index in [1.807, 2.05) is 56.7 Å². The molecule has 1 saturated carbocycles. The van der Waals surface area contributed by atoms with Gasteiger partial charge in [0.15, 0.2) is 0 Å². The highest BCUT2D eigenvalue weighted by molar-refractivity contribution is 5.85. The maximum atomic E-state index is 12.1. The van der Waals surface area contributed by atoms with Gasteiger partial charge in [-0.25, -0.2) is 4.79 Å². The third-order valence-corrected chi connectivity index (χ3v) is 4.88. The first-order chi connectivity index (χ1) is 12.7. The van der Waals surface area contributed by atoms with Crippen LogP contribution in [0.4, 0.5) is 10.5 Å². The minimum Gasteiger partial charge on any atom is -0.444 e. The van der Waals surface area contributed by atoms with E-state index in [1.54, 1.807) is 6.33 Å². The van der Waals surface area contributed by atoms with Crippen LogP contribution in [-0.4, -0.2) is 26.5 Å². The first-order valence-corrected chi connectivity index (χ1v) is 9.04. The fraction of sp³-hybridized carbons (Fsp3) is 0.500. The molecular weight excluding hydrogens is 342 g/mol. The molecule has 1 aliphatic carbocycles. The number of hydrogen-bond acceptors (Lipinski definition) is 5. The van der Waals surface area contributed by atoms with Gasteiger partial charge in [0, 0.05) is 30.5 Å². The number of ether oxygens (including phenoxy) is 1. The number of nitrogens with zero attached hydrogens (tertiary/aromatic N) is 4. The summed E-state index contributed by atoms with van der Waals surface area (Å²) in [6.45, 7) is 5.49. The van der Waals surface area contributed by atoms with Gasteiger partial charge in [-0.3, -0.25) is 5.32 Å². The van der Waals surface area contributed by atoms with Crippen LogP contribution >= 0.6 is 0 Å². The van der Waals surface area contributed by atoms with Crippen LogP contribution in [0.2, 0.25) is 0 Å². The second kappa shape index (κ2) is 7.03. The molecule has 0 saturated heterocycles. The van der Waals surface area contributed by atoms with Crippen LogP contribution in [0.5, 0.6) is 0 Å². The molecule has 142 valence electrons. The standard InChI is InChI=1S/C20H25N5O2/c1-19(2,3)27-18(26)23-16-7-5-6-15(8-16)20(9-14(10-20)12-21)11-17-24-22-13-25(17)4/h5-8,13-14H,9-11H2,1-4H3,(H,23,26)/t14-,20-. The van der Waals surface area contributed by atoms with E-state index in [9.17, 15) is 10.1 Å². The van der Waals surface area contributed by atoms with Crippen LogP contribution in [0, 0.1) is 17.2 Å². The zero-order chi connectivity index (χ0) is 19.7. The third-order valence-electron chi connectivity index (χ3n) is 4.88. The molecule has 0 radical (unpaired) electrons. The van der Waals surface area contributed by atoms with Crippen LogP contribution in [0.15, 0.2) is 30.6 Å². The highest BCUT2D eigenvalue weighted by atomic mass is 16.6. The van der Waals surface area contributed by atoms with Crippen molar-refractivity contribution in [2.75, 3.05) is 5.32 Å². The van der Waals surface area contributed by atoms with Gasteiger partial charge in [0.1, 0.15) is 17.8 Å². The molecule has 1 N–H and O–H groups in total. The van der Waals surface area contributed by atoms with Crippen molar-refractivity contribution in [1.82, 2.24) is 14.8 Å². The van der Waals surface area contributed by atoms with Crippen LogP contribution in [0.25, 0.3) is 0 Å². The largest absolute Gasteiger partial charge is 0.444 e. The van der Waals surface area contributed by atoms with Gasteiger partial charge in [-0.1, -0.05) is 12.1 Å². The number of rotatable bonds is 4. The summed E-state index contributed by atoms with van der Waals surface area (Å²) >= 11 is 0. The predicted octanol–water partition coefficient (Wildman–Crippen LogP) is 3.58. The minimum atomic E-state index is -0.553. The van der Waals surface area contributed by atoms with Crippen molar-refractivity contribution in [2.45, 2.75) is 51.0 Å². The number of hydrogen-bond donors (Lipinski definition) is 1. The second-order valence-electron chi connectivity index (χ2n) is 8.26. The zero-order valence-electron chi connectivity index (χ0n) is 16.2. The molecule has 0 aliphatic heterocycles. The van der Waals surface area contributed by atoms with E-state index in [1.165, 1.54) is 0 Å². The monoisotopic (exact) mass is 367 g/mol. The van der Waals surface area contributed by atoms with Gasteiger partial charge in [0.25, 0.3) is 0 Å². The quantitative estimate of drug-likeness (QED) is 0.891. The summed E-state index contributed by atoms with van der Waals surface area (Å²) in [5.41, 5.74) is 1.04. The Balaban J connectivity index is 1.83. The summed E-state index contributed by atoms with van der Waals surface area (Å²) in [6, 6.07) is 10.1. The number of benzene rings is 1. The van der Waals surface area contributed by atoms with Crippen molar-refractivity contribution in [3.05, 3.63) is 42.0 Å². The van der Waals surface area contributed by atoms with E-state index >= 15 is 0 Å². The number of anilines is 1. The molecule has 1 amide bonds. The highest BCUT2D eigenvalue weighted by Crippen LogP contribution is 2.49. The fourth-order valence-electron chi connectivity index (χ4n) is 3.58. The van der Waals surface area contributed by atoms with Gasteiger partial charge in [0.2, 0.25) is 0 Å². The molecule has 0 spiro atoms. The van der Waals surface area contributed by atoms with Crippen molar-refractivity contribution in [3.8, 4) is 6.07 Å². The smallest absolute Gasteiger partial charge is 0.412 e. The summed E-state index contributed by atoms with van der Waals surface area (Å²) < 4.78 is 7.24. The molecular formula is C20H25N5O2. The van der Waals surface area contributed by atoms with Crippen LogP contribution < -0.4 is 5.32 Å². The Morgan fingerprint density at radius 3 is 2.78 bits per heavy atom. The molecule has 1 aromatic carbocycles. The number of amides is 1. The van der Waals surface area contributed by atoms with E-state index < -0.39 is 11.7 Å². The Morgan fingerprint density at radius 1 is 1.44 bits per heavy atom. The number of aryl methyl sites for hydroxylation is 1. The molecule has 2 aromatic rings. The van der Waals surface area contributed by atoms with Crippen LogP contribution in [0.1, 0.15) is 45.0 Å². The normalized spacial score (nSPS) is 21.8. The zero-order valence-corrected chi connectivity index (χ0v) is 16.2. The minimum absolute atomic E-state index is 0.0423. The lowest BCUT2D eigenvalue weighted by Crippen LogP contribution is -2.43. The summed E-state index contributed by atoms with van der Waals surface area (Å²) in [5.74, 6) is 0.928. The van der Waals surface area contributed by atoms with Crippen molar-refractivity contribution in [1.29, 1.82) is 5.26 Å². The molecule has 27 heavy (non-hydrogen) atoms. The Morgan fingerprint density at radius 2 is 2.19 bits per heavy atom. The van der Waals surface area contributed by atoms with E-state index in [4.69, 9.17) is 4.74 Å². The van der Waals surface area contributed by atoms with E-state index in [-0.39, 0.29) is 11.3 Å². The Hall–Kier alpha value is -2.88. The SMILES string of the molecule is Cn1cnnc1C[C@]1(c2cccc(NC(=O)OC(C)(C)C)c2)C[C@H](C#N)C1. The number of aromatic nitrogens is 3. The van der Waals surface area contributed by atoms with Crippen molar-refractivity contribution >= 4 is 11.8 Å². The second-order valence-corrected chi connectivity index (χ2v) is 8.26. The van der Waals surface area contributed by atoms with E-state index in [0.29, 0.717) is 12.1 Å². The predicted molar refractivity (Wildman–Crippen MR) is 101 cm³/mol. The number of carbonyl (C=O) groups is 1. The Kier molecular flexibility index (Phi) is 4.92. The van der Waals surface area contributed by atoms with Gasteiger partial charge in [-0.2, -0.15) is 5.26 Å². The van der Waals surface area contributed by atoms with Crippen LogP contribution in [0.3, 0.4) is 0 Å². The molecule has 1 fully saturated rings. The fourth-order valence-corrected chi connectivity index (χ4v) is 3.58. The lowest BCUT2D eigenvalue weighted by Gasteiger charge is -2.45. The molecule has 0 atom stereocenters. The Bertz CT molecular complexity index is 869. The highest BCUT2D eigenvalue weighted by Gasteiger charge is 2.46. The summed E-state index contributed by atoms with van der Waals surface area (Å²) in [6.07, 6.45) is 3.45.